The number of nitrogens with zero attached hydrogens (tertiary/aromatic N) is 2. The number of rotatable bonds is 5. The number of pyridine rings is 1. The molecule has 0 unspecified atom stereocenters. The van der Waals surface area contributed by atoms with Gasteiger partial charge in [-0.3, -0.25) is 0 Å². The highest BCUT2D eigenvalue weighted by Gasteiger charge is 2.39. The molecule has 0 atom stereocenters. The minimum Gasteiger partial charge on any atom is -0.449 e. The lowest BCUT2D eigenvalue weighted by Crippen LogP contribution is -2.15. The van der Waals surface area contributed by atoms with Crippen molar-refractivity contribution >= 4 is 0 Å². The monoisotopic (exact) mass is 706 g/mol. The van der Waals surface area contributed by atoms with Gasteiger partial charge in [0.1, 0.15) is 0 Å². The number of para-hydroxylation sites is 1. The fourth-order valence-corrected chi connectivity index (χ4v) is 8.17. The molecule has 0 N–H and O–H groups in total. The Hall–Kier alpha value is -7.22. The van der Waals surface area contributed by atoms with Crippen LogP contribution in [0.15, 0.2) is 170 Å². The van der Waals surface area contributed by atoms with E-state index in [2.05, 4.69) is 141 Å². The molecule has 8 aromatic rings. The van der Waals surface area contributed by atoms with Gasteiger partial charge in [0, 0.05) is 27.7 Å². The maximum Gasteiger partial charge on any atom is 0.178 e. The molecule has 10 rings (SSSR count). The molecule has 4 heteroatoms. The standard InChI is InChI=1S/C51H34N2O2/c1-51(2)42-22-7-6-20-41(42)48-43(51)24-25-47-50(48)55-49-40(21-11-23-46(49)54-47)36-17-10-19-38(28-36)45-30-39(33-13-4-3-5-14-33)29-44(53-45)37-18-9-16-35(27-37)34-15-8-12-32(26-34)31-52/h3-30H,1-2H3. The van der Waals surface area contributed by atoms with Crippen LogP contribution in [-0.4, -0.2) is 4.98 Å². The lowest BCUT2D eigenvalue weighted by Gasteiger charge is -2.26. The lowest BCUT2D eigenvalue weighted by molar-refractivity contribution is 0.361. The Balaban J connectivity index is 1.07. The van der Waals surface area contributed by atoms with E-state index in [1.165, 1.54) is 16.7 Å². The van der Waals surface area contributed by atoms with E-state index < -0.39 is 0 Å². The molecule has 2 heterocycles. The summed E-state index contributed by atoms with van der Waals surface area (Å²) in [6.45, 7) is 4.55. The summed E-state index contributed by atoms with van der Waals surface area (Å²) < 4.78 is 13.6. The van der Waals surface area contributed by atoms with Gasteiger partial charge in [-0.25, -0.2) is 4.98 Å². The van der Waals surface area contributed by atoms with E-state index in [4.69, 9.17) is 14.5 Å². The number of benzene rings is 7. The van der Waals surface area contributed by atoms with Crippen molar-refractivity contribution in [3.63, 3.8) is 0 Å². The zero-order valence-corrected chi connectivity index (χ0v) is 30.4. The topological polar surface area (TPSA) is 55.1 Å². The van der Waals surface area contributed by atoms with E-state index in [0.717, 1.165) is 73.0 Å². The molecule has 0 radical (unpaired) electrons. The summed E-state index contributed by atoms with van der Waals surface area (Å²) in [5.41, 5.74) is 15.2. The first-order valence-corrected chi connectivity index (χ1v) is 18.5. The van der Waals surface area contributed by atoms with Crippen LogP contribution in [0.3, 0.4) is 0 Å². The largest absolute Gasteiger partial charge is 0.449 e. The second kappa shape index (κ2) is 12.7. The van der Waals surface area contributed by atoms with Gasteiger partial charge in [-0.15, -0.1) is 0 Å². The van der Waals surface area contributed by atoms with Crippen molar-refractivity contribution in [3.8, 4) is 96.1 Å². The van der Waals surface area contributed by atoms with Gasteiger partial charge in [0.25, 0.3) is 0 Å². The Labute approximate surface area is 320 Å². The molecule has 4 nitrogen and oxygen atoms in total. The van der Waals surface area contributed by atoms with Crippen molar-refractivity contribution in [2.45, 2.75) is 19.3 Å². The van der Waals surface area contributed by atoms with E-state index in [9.17, 15) is 5.26 Å². The van der Waals surface area contributed by atoms with Gasteiger partial charge in [-0.05, 0) is 93.0 Å². The molecule has 0 bridgehead atoms. The number of hydrogen-bond acceptors (Lipinski definition) is 4. The molecule has 1 aromatic heterocycles. The molecule has 0 saturated carbocycles. The molecule has 260 valence electrons. The van der Waals surface area contributed by atoms with Crippen molar-refractivity contribution in [1.82, 2.24) is 4.98 Å². The Morgan fingerprint density at radius 1 is 0.455 bits per heavy atom. The number of nitriles is 1. The van der Waals surface area contributed by atoms with Crippen LogP contribution < -0.4 is 9.47 Å². The quantitative estimate of drug-likeness (QED) is 0.179. The summed E-state index contributed by atoms with van der Waals surface area (Å²) in [6.07, 6.45) is 0. The number of aromatic nitrogens is 1. The molecule has 1 aliphatic carbocycles. The van der Waals surface area contributed by atoms with Gasteiger partial charge < -0.3 is 9.47 Å². The van der Waals surface area contributed by atoms with Gasteiger partial charge in [-0.2, -0.15) is 5.26 Å². The number of hydrogen-bond donors (Lipinski definition) is 0. The molecule has 0 saturated heterocycles. The minimum absolute atomic E-state index is 0.150. The van der Waals surface area contributed by atoms with Crippen LogP contribution in [0.25, 0.3) is 67.0 Å². The highest BCUT2D eigenvalue weighted by molar-refractivity contribution is 5.89. The summed E-state index contributed by atoms with van der Waals surface area (Å²) in [5, 5.41) is 9.52. The first kappa shape index (κ1) is 32.4. The second-order valence-electron chi connectivity index (χ2n) is 14.7. The lowest BCUT2D eigenvalue weighted by atomic mass is 9.82. The van der Waals surface area contributed by atoms with Crippen LogP contribution in [0.1, 0.15) is 30.5 Å². The zero-order valence-electron chi connectivity index (χ0n) is 30.4. The molecule has 0 spiro atoms. The SMILES string of the molecule is CC1(C)c2ccccc2-c2c1ccc1c2Oc2c(cccc2-c2cccc(-c3cc(-c4ccccc4)cc(-c4cccc(-c5cccc(C#N)c5)c4)n3)c2)O1. The maximum atomic E-state index is 9.52. The van der Waals surface area contributed by atoms with Crippen LogP contribution in [0.2, 0.25) is 0 Å². The molecule has 55 heavy (non-hydrogen) atoms. The Morgan fingerprint density at radius 3 is 1.84 bits per heavy atom. The van der Waals surface area contributed by atoms with Gasteiger partial charge in [0.15, 0.2) is 23.0 Å². The maximum absolute atomic E-state index is 9.52. The third-order valence-corrected chi connectivity index (χ3v) is 11.0. The summed E-state index contributed by atoms with van der Waals surface area (Å²) >= 11 is 0. The van der Waals surface area contributed by atoms with Crippen molar-refractivity contribution < 1.29 is 9.47 Å². The van der Waals surface area contributed by atoms with Gasteiger partial charge in [0.05, 0.1) is 23.0 Å². The molecular formula is C51H34N2O2. The van der Waals surface area contributed by atoms with E-state index in [1.54, 1.807) is 0 Å². The molecule has 2 aliphatic rings. The minimum atomic E-state index is -0.150. The molecule has 1 aliphatic heterocycles. The predicted octanol–water partition coefficient (Wildman–Crippen LogP) is 13.5. The van der Waals surface area contributed by atoms with E-state index in [-0.39, 0.29) is 5.41 Å². The summed E-state index contributed by atoms with van der Waals surface area (Å²) in [6, 6.07) is 60.5. The van der Waals surface area contributed by atoms with Crippen LogP contribution in [0.5, 0.6) is 23.0 Å². The van der Waals surface area contributed by atoms with Gasteiger partial charge >= 0.3 is 0 Å². The second-order valence-corrected chi connectivity index (χ2v) is 14.7. The summed E-state index contributed by atoms with van der Waals surface area (Å²) in [5.74, 6) is 2.87. The molecule has 0 fully saturated rings. The fraction of sp³-hybridized carbons (Fsp3) is 0.0588. The van der Waals surface area contributed by atoms with Gasteiger partial charge in [-0.1, -0.05) is 135 Å². The predicted molar refractivity (Wildman–Crippen MR) is 220 cm³/mol. The smallest absolute Gasteiger partial charge is 0.178 e. The van der Waals surface area contributed by atoms with Crippen LogP contribution >= 0.6 is 0 Å². The van der Waals surface area contributed by atoms with E-state index >= 15 is 0 Å². The molecule has 0 amide bonds. The Bertz CT molecular complexity index is 2870. The molecule has 7 aromatic carbocycles. The zero-order chi connectivity index (χ0) is 37.1. The average Bonchev–Trinajstić information content (AvgIpc) is 3.49. The fourth-order valence-electron chi connectivity index (χ4n) is 8.17. The van der Waals surface area contributed by atoms with Crippen molar-refractivity contribution in [1.29, 1.82) is 5.26 Å². The third kappa shape index (κ3) is 5.48. The number of fused-ring (bicyclic) bond motifs is 6. The van der Waals surface area contributed by atoms with Crippen molar-refractivity contribution in [2.24, 2.45) is 0 Å². The van der Waals surface area contributed by atoms with E-state index in [1.807, 2.05) is 48.5 Å². The van der Waals surface area contributed by atoms with E-state index in [0.29, 0.717) is 17.1 Å². The van der Waals surface area contributed by atoms with Crippen LogP contribution in [-0.2, 0) is 5.41 Å². The normalized spacial score (nSPS) is 13.0. The highest BCUT2D eigenvalue weighted by Crippen LogP contribution is 2.59. The summed E-state index contributed by atoms with van der Waals surface area (Å²) in [7, 11) is 0. The van der Waals surface area contributed by atoms with Crippen LogP contribution in [0.4, 0.5) is 0 Å². The number of ether oxygens (including phenoxy) is 2. The third-order valence-electron chi connectivity index (χ3n) is 11.0. The first-order valence-electron chi connectivity index (χ1n) is 18.5. The first-order chi connectivity index (χ1) is 26.9. The van der Waals surface area contributed by atoms with Crippen molar-refractivity contribution in [2.75, 3.05) is 0 Å². The molecular weight excluding hydrogens is 673 g/mol. The summed E-state index contributed by atoms with van der Waals surface area (Å²) in [4.78, 5) is 5.29. The van der Waals surface area contributed by atoms with Crippen LogP contribution in [0, 0.1) is 11.3 Å². The Kier molecular flexibility index (Phi) is 7.50. The Morgan fingerprint density at radius 2 is 1.05 bits per heavy atom. The van der Waals surface area contributed by atoms with Crippen molar-refractivity contribution in [3.05, 3.63) is 187 Å². The van der Waals surface area contributed by atoms with Gasteiger partial charge in [0.2, 0.25) is 0 Å². The average molecular weight is 707 g/mol. The highest BCUT2D eigenvalue weighted by atomic mass is 16.6.